The zero-order chi connectivity index (χ0) is 18.2. The molecule has 0 spiro atoms. The van der Waals surface area contributed by atoms with Crippen LogP contribution in [0.15, 0.2) is 29.2 Å². The van der Waals surface area contributed by atoms with Gasteiger partial charge in [0.2, 0.25) is 5.91 Å². The first-order valence-corrected chi connectivity index (χ1v) is 9.20. The molecule has 2 aliphatic heterocycles. The van der Waals surface area contributed by atoms with E-state index in [1.54, 1.807) is 0 Å². The molecule has 1 aromatic carbocycles. The highest BCUT2D eigenvalue weighted by Crippen LogP contribution is 2.56. The van der Waals surface area contributed by atoms with Crippen LogP contribution in [0.3, 0.4) is 0 Å². The van der Waals surface area contributed by atoms with Gasteiger partial charge in [0.1, 0.15) is 0 Å². The van der Waals surface area contributed by atoms with E-state index in [4.69, 9.17) is 4.74 Å². The van der Waals surface area contributed by atoms with Gasteiger partial charge in [-0.25, -0.2) is 4.79 Å². The van der Waals surface area contributed by atoms with Crippen molar-refractivity contribution in [2.75, 3.05) is 11.5 Å². The van der Waals surface area contributed by atoms with Gasteiger partial charge in [0.15, 0.2) is 11.5 Å². The van der Waals surface area contributed by atoms with Crippen LogP contribution in [0.1, 0.15) is 40.0 Å². The predicted octanol–water partition coefficient (Wildman–Crippen LogP) is 2.46. The number of carbonyl (C=O) groups is 3. The summed E-state index contributed by atoms with van der Waals surface area (Å²) in [5.41, 5.74) is 0.388. The molecule has 2 amide bonds. The van der Waals surface area contributed by atoms with Crippen molar-refractivity contribution in [2.45, 2.75) is 55.3 Å². The second-order valence-electron chi connectivity index (χ2n) is 6.95. The maximum atomic E-state index is 12.8. The number of nitrogens with one attached hydrogen (secondary N) is 1. The number of hydrogen-bond acceptors (Lipinski definition) is 5. The Kier molecular flexibility index (Phi) is 4.53. The maximum Gasteiger partial charge on any atom is 0.344 e. The standard InChI is InChI=1S/C18H22N2O4S/c1-4-17(2,3)19-14(21)11-24-16(23)18-10-9-15(22)20(18)12-7-5-6-8-13(12)25-18/h5-8H,4,9-11H2,1-3H3,(H,19,21)/t18-/m1/s1. The van der Waals surface area contributed by atoms with Crippen molar-refractivity contribution < 1.29 is 19.1 Å². The Morgan fingerprint density at radius 2 is 2.08 bits per heavy atom. The van der Waals surface area contributed by atoms with Crippen LogP contribution >= 0.6 is 11.8 Å². The molecule has 0 aliphatic carbocycles. The number of rotatable bonds is 5. The monoisotopic (exact) mass is 362 g/mol. The third-order valence-corrected chi connectivity index (χ3v) is 6.14. The summed E-state index contributed by atoms with van der Waals surface area (Å²) >= 11 is 1.33. The number of benzene rings is 1. The molecular formula is C18H22N2O4S. The Balaban J connectivity index is 1.72. The highest BCUT2D eigenvalue weighted by molar-refractivity contribution is 8.02. The molecule has 0 unspecified atom stereocenters. The highest BCUT2D eigenvalue weighted by Gasteiger charge is 2.58. The number of amides is 2. The second-order valence-corrected chi connectivity index (χ2v) is 8.26. The molecule has 1 atom stereocenters. The minimum absolute atomic E-state index is 0.0917. The van der Waals surface area contributed by atoms with Crippen molar-refractivity contribution >= 4 is 35.2 Å². The predicted molar refractivity (Wildman–Crippen MR) is 95.2 cm³/mol. The van der Waals surface area contributed by atoms with Crippen molar-refractivity contribution in [1.29, 1.82) is 0 Å². The molecule has 25 heavy (non-hydrogen) atoms. The number of hydrogen-bond donors (Lipinski definition) is 1. The number of nitrogens with zero attached hydrogens (tertiary/aromatic N) is 1. The Morgan fingerprint density at radius 1 is 1.36 bits per heavy atom. The van der Waals surface area contributed by atoms with Crippen LogP contribution < -0.4 is 10.2 Å². The smallest absolute Gasteiger partial charge is 0.344 e. The fourth-order valence-electron chi connectivity index (χ4n) is 3.02. The fraction of sp³-hybridized carbons (Fsp3) is 0.500. The average Bonchev–Trinajstić information content (AvgIpc) is 3.08. The van der Waals surface area contributed by atoms with Crippen molar-refractivity contribution in [1.82, 2.24) is 5.32 Å². The van der Waals surface area contributed by atoms with Crippen LogP contribution in [-0.2, 0) is 19.1 Å². The topological polar surface area (TPSA) is 75.7 Å². The summed E-state index contributed by atoms with van der Waals surface area (Å²) in [4.78, 5) is 38.5. The van der Waals surface area contributed by atoms with E-state index >= 15 is 0 Å². The Labute approximate surface area is 151 Å². The molecule has 0 radical (unpaired) electrons. The lowest BCUT2D eigenvalue weighted by Gasteiger charge is -2.29. The lowest BCUT2D eigenvalue weighted by atomic mass is 10.0. The van der Waals surface area contributed by atoms with Crippen molar-refractivity contribution in [3.8, 4) is 0 Å². The average molecular weight is 362 g/mol. The summed E-state index contributed by atoms with van der Waals surface area (Å²) in [5.74, 6) is -0.969. The van der Waals surface area contributed by atoms with Crippen LogP contribution in [0.2, 0.25) is 0 Å². The van der Waals surface area contributed by atoms with E-state index < -0.39 is 10.8 Å². The number of anilines is 1. The summed E-state index contributed by atoms with van der Waals surface area (Å²) in [5, 5.41) is 2.83. The zero-order valence-electron chi connectivity index (χ0n) is 14.6. The van der Waals surface area contributed by atoms with Gasteiger partial charge in [-0.15, -0.1) is 0 Å². The van der Waals surface area contributed by atoms with Gasteiger partial charge < -0.3 is 10.1 Å². The Morgan fingerprint density at radius 3 is 2.80 bits per heavy atom. The number of ether oxygens (including phenoxy) is 1. The summed E-state index contributed by atoms with van der Waals surface area (Å²) in [6.07, 6.45) is 1.45. The molecular weight excluding hydrogens is 340 g/mol. The SMILES string of the molecule is CCC(C)(C)NC(=O)COC(=O)[C@]12CCC(=O)N1c1ccccc1S2. The van der Waals surface area contributed by atoms with Crippen LogP contribution in [0, 0.1) is 0 Å². The summed E-state index contributed by atoms with van der Waals surface area (Å²) in [6, 6.07) is 7.43. The lowest BCUT2D eigenvalue weighted by Crippen LogP contribution is -2.49. The number of thioether (sulfide) groups is 1. The van der Waals surface area contributed by atoms with E-state index in [9.17, 15) is 14.4 Å². The molecule has 2 heterocycles. The lowest BCUT2D eigenvalue weighted by molar-refractivity contribution is -0.151. The van der Waals surface area contributed by atoms with Crippen molar-refractivity contribution in [2.24, 2.45) is 0 Å². The molecule has 3 rings (SSSR count). The highest BCUT2D eigenvalue weighted by atomic mass is 32.2. The summed E-state index contributed by atoms with van der Waals surface area (Å²) < 4.78 is 5.30. The molecule has 1 N–H and O–H groups in total. The summed E-state index contributed by atoms with van der Waals surface area (Å²) in [6.45, 7) is 5.45. The van der Waals surface area contributed by atoms with Gasteiger partial charge in [0.25, 0.3) is 5.91 Å². The van der Waals surface area contributed by atoms with Gasteiger partial charge in [-0.3, -0.25) is 14.5 Å². The minimum atomic E-state index is -1.08. The maximum absolute atomic E-state index is 12.8. The molecule has 1 aromatic rings. The second kappa shape index (κ2) is 6.37. The van der Waals surface area contributed by atoms with Gasteiger partial charge in [0, 0.05) is 23.3 Å². The molecule has 0 bridgehead atoms. The largest absolute Gasteiger partial charge is 0.453 e. The first-order chi connectivity index (χ1) is 11.8. The number of carbonyl (C=O) groups excluding carboxylic acids is 3. The third-order valence-electron chi connectivity index (χ3n) is 4.69. The fourth-order valence-corrected chi connectivity index (χ4v) is 4.43. The van der Waals surface area contributed by atoms with Crippen molar-refractivity contribution in [3.05, 3.63) is 24.3 Å². The first-order valence-electron chi connectivity index (χ1n) is 8.38. The molecule has 1 fully saturated rings. The molecule has 7 heteroatoms. The minimum Gasteiger partial charge on any atom is -0.453 e. The van der Waals surface area contributed by atoms with Gasteiger partial charge in [-0.2, -0.15) is 0 Å². The number of fused-ring (bicyclic) bond motifs is 3. The van der Waals surface area contributed by atoms with E-state index in [-0.39, 0.29) is 24.0 Å². The van der Waals surface area contributed by atoms with Crippen LogP contribution in [0.25, 0.3) is 0 Å². The van der Waals surface area contributed by atoms with Gasteiger partial charge >= 0.3 is 5.97 Å². The number of para-hydroxylation sites is 1. The zero-order valence-corrected chi connectivity index (χ0v) is 15.4. The van der Waals surface area contributed by atoms with Gasteiger partial charge in [-0.05, 0) is 32.4 Å². The van der Waals surface area contributed by atoms with E-state index in [2.05, 4.69) is 5.32 Å². The number of esters is 1. The third kappa shape index (κ3) is 3.13. The Hall–Kier alpha value is -2.02. The van der Waals surface area contributed by atoms with Crippen LogP contribution in [0.4, 0.5) is 5.69 Å². The van der Waals surface area contributed by atoms with Gasteiger partial charge in [-0.1, -0.05) is 30.8 Å². The molecule has 6 nitrogen and oxygen atoms in total. The molecule has 2 aliphatic rings. The van der Waals surface area contributed by atoms with E-state index in [0.29, 0.717) is 12.8 Å². The first kappa shape index (κ1) is 17.8. The van der Waals surface area contributed by atoms with E-state index in [1.165, 1.54) is 16.7 Å². The van der Waals surface area contributed by atoms with Crippen LogP contribution in [0.5, 0.6) is 0 Å². The molecule has 0 saturated carbocycles. The molecule has 134 valence electrons. The summed E-state index contributed by atoms with van der Waals surface area (Å²) in [7, 11) is 0. The van der Waals surface area contributed by atoms with E-state index in [0.717, 1.165) is 17.0 Å². The van der Waals surface area contributed by atoms with E-state index in [1.807, 2.05) is 45.0 Å². The quantitative estimate of drug-likeness (QED) is 0.815. The molecule has 0 aromatic heterocycles. The van der Waals surface area contributed by atoms with Crippen molar-refractivity contribution in [3.63, 3.8) is 0 Å². The van der Waals surface area contributed by atoms with Crippen LogP contribution in [-0.4, -0.2) is 34.8 Å². The normalized spacial score (nSPS) is 21.7. The Bertz CT molecular complexity index is 734. The molecule has 1 saturated heterocycles. The van der Waals surface area contributed by atoms with Gasteiger partial charge in [0.05, 0.1) is 5.69 Å².